The summed E-state index contributed by atoms with van der Waals surface area (Å²) in [5, 5.41) is 0. The van der Waals surface area contributed by atoms with Gasteiger partial charge in [-0.1, -0.05) is 58.4 Å². The van der Waals surface area contributed by atoms with Gasteiger partial charge in [-0.3, -0.25) is 0 Å². The summed E-state index contributed by atoms with van der Waals surface area (Å²) in [6, 6.07) is -0.319. The van der Waals surface area contributed by atoms with Gasteiger partial charge in [0.1, 0.15) is 6.17 Å². The normalized spacial score (nSPS) is 29.6. The van der Waals surface area contributed by atoms with Gasteiger partial charge in [-0.25, -0.2) is 4.39 Å². The molecule has 1 fully saturated rings. The summed E-state index contributed by atoms with van der Waals surface area (Å²) in [4.78, 5) is 0. The third kappa shape index (κ3) is 5.09. The number of hydrogen-bond donors (Lipinski definition) is 1. The molecule has 0 radical (unpaired) electrons. The Morgan fingerprint density at radius 2 is 1.94 bits per heavy atom. The summed E-state index contributed by atoms with van der Waals surface area (Å²) >= 11 is 0. The van der Waals surface area contributed by atoms with Crippen LogP contribution in [0.15, 0.2) is 12.7 Å². The smallest absolute Gasteiger partial charge is 0.121 e. The van der Waals surface area contributed by atoms with E-state index in [1.807, 2.05) is 6.92 Å². The number of alkyl halides is 1. The van der Waals surface area contributed by atoms with E-state index < -0.39 is 6.17 Å². The Morgan fingerprint density at radius 3 is 2.50 bits per heavy atom. The second kappa shape index (κ2) is 7.93. The van der Waals surface area contributed by atoms with Crippen LogP contribution in [0.5, 0.6) is 0 Å². The third-order valence-electron chi connectivity index (χ3n) is 4.57. The fraction of sp³-hybridized carbons (Fsp3) is 0.875. The third-order valence-corrected chi connectivity index (χ3v) is 4.57. The van der Waals surface area contributed by atoms with E-state index in [0.29, 0.717) is 0 Å². The quantitative estimate of drug-likeness (QED) is 0.667. The number of halogens is 1. The van der Waals surface area contributed by atoms with Crippen LogP contribution in [0.25, 0.3) is 0 Å². The van der Waals surface area contributed by atoms with Crippen molar-refractivity contribution in [1.82, 2.24) is 0 Å². The highest BCUT2D eigenvalue weighted by atomic mass is 19.1. The van der Waals surface area contributed by atoms with Crippen molar-refractivity contribution >= 4 is 0 Å². The average Bonchev–Trinajstić information content (AvgIpc) is 2.39. The molecule has 2 heteroatoms. The molecule has 18 heavy (non-hydrogen) atoms. The maximum atomic E-state index is 13.8. The average molecular weight is 255 g/mol. The topological polar surface area (TPSA) is 26.0 Å². The van der Waals surface area contributed by atoms with Crippen LogP contribution in [0.2, 0.25) is 0 Å². The minimum absolute atomic E-state index is 0.129. The molecule has 3 unspecified atom stereocenters. The minimum Gasteiger partial charge on any atom is -0.325 e. The van der Waals surface area contributed by atoms with E-state index in [0.717, 1.165) is 24.7 Å². The highest BCUT2D eigenvalue weighted by Crippen LogP contribution is 2.31. The number of rotatable bonds is 7. The molecule has 3 atom stereocenters. The first-order valence-electron chi connectivity index (χ1n) is 7.56. The molecule has 0 aromatic heterocycles. The van der Waals surface area contributed by atoms with Crippen molar-refractivity contribution in [2.45, 2.75) is 71.0 Å². The van der Waals surface area contributed by atoms with Gasteiger partial charge in [0, 0.05) is 12.0 Å². The molecule has 0 heterocycles. The monoisotopic (exact) mass is 255 g/mol. The second-order valence-electron chi connectivity index (χ2n) is 6.26. The molecule has 1 nitrogen and oxygen atoms in total. The lowest BCUT2D eigenvalue weighted by Crippen LogP contribution is -2.35. The predicted octanol–water partition coefficient (Wildman–Crippen LogP) is 4.47. The molecule has 0 amide bonds. The summed E-state index contributed by atoms with van der Waals surface area (Å²) in [6.07, 6.45) is 9.30. The van der Waals surface area contributed by atoms with Crippen molar-refractivity contribution in [3.05, 3.63) is 12.7 Å². The second-order valence-corrected chi connectivity index (χ2v) is 6.26. The Kier molecular flexibility index (Phi) is 6.91. The lowest BCUT2D eigenvalue weighted by atomic mass is 9.80. The van der Waals surface area contributed by atoms with Crippen LogP contribution in [0.1, 0.15) is 58.8 Å². The molecule has 0 spiro atoms. The molecule has 0 bridgehead atoms. The summed E-state index contributed by atoms with van der Waals surface area (Å²) < 4.78 is 13.8. The van der Waals surface area contributed by atoms with Crippen molar-refractivity contribution in [3.63, 3.8) is 0 Å². The van der Waals surface area contributed by atoms with Crippen LogP contribution in [0.3, 0.4) is 0 Å². The molecule has 2 N–H and O–H groups in total. The summed E-state index contributed by atoms with van der Waals surface area (Å²) in [5.74, 6) is 1.64. The highest BCUT2D eigenvalue weighted by Gasteiger charge is 2.22. The molecule has 1 rings (SSSR count). The fourth-order valence-electron chi connectivity index (χ4n) is 2.94. The van der Waals surface area contributed by atoms with Crippen molar-refractivity contribution in [2.75, 3.05) is 0 Å². The van der Waals surface area contributed by atoms with Crippen LogP contribution in [0.4, 0.5) is 4.39 Å². The lowest BCUT2D eigenvalue weighted by molar-refractivity contribution is 0.213. The van der Waals surface area contributed by atoms with E-state index in [1.54, 1.807) is 6.08 Å². The Labute approximate surface area is 112 Å². The molecule has 0 saturated heterocycles. The molecule has 1 saturated carbocycles. The van der Waals surface area contributed by atoms with Crippen molar-refractivity contribution in [1.29, 1.82) is 0 Å². The van der Waals surface area contributed by atoms with Gasteiger partial charge < -0.3 is 5.73 Å². The van der Waals surface area contributed by atoms with Crippen molar-refractivity contribution in [2.24, 2.45) is 23.5 Å². The van der Waals surface area contributed by atoms with E-state index in [2.05, 4.69) is 13.5 Å². The van der Waals surface area contributed by atoms with Gasteiger partial charge in [0.05, 0.1) is 0 Å². The maximum Gasteiger partial charge on any atom is 0.121 e. The number of hydrogen-bond acceptors (Lipinski definition) is 1. The van der Waals surface area contributed by atoms with Gasteiger partial charge in [0.15, 0.2) is 0 Å². The van der Waals surface area contributed by atoms with Crippen molar-refractivity contribution in [3.8, 4) is 0 Å². The summed E-state index contributed by atoms with van der Waals surface area (Å²) in [7, 11) is 0. The van der Waals surface area contributed by atoms with E-state index >= 15 is 0 Å². The van der Waals surface area contributed by atoms with Gasteiger partial charge in [-0.15, -0.1) is 6.58 Å². The zero-order valence-electron chi connectivity index (χ0n) is 12.1. The molecule has 1 aliphatic carbocycles. The van der Waals surface area contributed by atoms with Crippen LogP contribution in [-0.2, 0) is 0 Å². The van der Waals surface area contributed by atoms with E-state index in [9.17, 15) is 4.39 Å². The Bertz CT molecular complexity index is 233. The lowest BCUT2D eigenvalue weighted by Gasteiger charge is -2.27. The molecular weight excluding hydrogens is 225 g/mol. The first kappa shape index (κ1) is 15.7. The molecule has 0 aliphatic heterocycles. The van der Waals surface area contributed by atoms with Crippen molar-refractivity contribution < 1.29 is 4.39 Å². The van der Waals surface area contributed by atoms with Gasteiger partial charge in [0.2, 0.25) is 0 Å². The number of nitrogens with two attached hydrogens (primary N) is 1. The Balaban J connectivity index is 2.15. The maximum absolute atomic E-state index is 13.8. The molecule has 106 valence electrons. The minimum atomic E-state index is -0.936. The van der Waals surface area contributed by atoms with Gasteiger partial charge >= 0.3 is 0 Å². The van der Waals surface area contributed by atoms with E-state index in [4.69, 9.17) is 5.73 Å². The largest absolute Gasteiger partial charge is 0.325 e. The summed E-state index contributed by atoms with van der Waals surface area (Å²) in [5.41, 5.74) is 5.91. The predicted molar refractivity (Wildman–Crippen MR) is 77.2 cm³/mol. The zero-order chi connectivity index (χ0) is 13.5. The van der Waals surface area contributed by atoms with Crippen LogP contribution in [-0.4, -0.2) is 12.2 Å². The SMILES string of the molecule is C=CC(C)C(F)C(N)CCCC1CCC(C)CC1. The van der Waals surface area contributed by atoms with E-state index in [-0.39, 0.29) is 12.0 Å². The van der Waals surface area contributed by atoms with Crippen LogP contribution >= 0.6 is 0 Å². The first-order valence-corrected chi connectivity index (χ1v) is 7.56. The van der Waals surface area contributed by atoms with Gasteiger partial charge in [0.25, 0.3) is 0 Å². The van der Waals surface area contributed by atoms with E-state index in [1.165, 1.54) is 32.1 Å². The van der Waals surface area contributed by atoms with Gasteiger partial charge in [-0.2, -0.15) is 0 Å². The molecule has 0 aromatic carbocycles. The summed E-state index contributed by atoms with van der Waals surface area (Å²) in [6.45, 7) is 7.82. The Hall–Kier alpha value is -0.370. The number of allylic oxidation sites excluding steroid dienone is 1. The first-order chi connectivity index (χ1) is 8.54. The molecular formula is C16H30FN. The fourth-order valence-corrected chi connectivity index (χ4v) is 2.94. The highest BCUT2D eigenvalue weighted by molar-refractivity contribution is 4.87. The molecule has 1 aliphatic rings. The standard InChI is InChI=1S/C16H30FN/c1-4-13(3)16(17)15(18)7-5-6-14-10-8-12(2)9-11-14/h4,12-16H,1,5-11,18H2,2-3H3. The Morgan fingerprint density at radius 1 is 1.33 bits per heavy atom. The molecule has 0 aromatic rings. The zero-order valence-corrected chi connectivity index (χ0v) is 12.1. The van der Waals surface area contributed by atoms with Gasteiger partial charge in [-0.05, 0) is 18.3 Å². The van der Waals surface area contributed by atoms with Crippen LogP contribution in [0, 0.1) is 17.8 Å². The van der Waals surface area contributed by atoms with Crippen LogP contribution < -0.4 is 5.73 Å².